The first kappa shape index (κ1) is 35.1. The van der Waals surface area contributed by atoms with Gasteiger partial charge in [0.1, 0.15) is 12.1 Å². The maximum absolute atomic E-state index is 14.5. The summed E-state index contributed by atoms with van der Waals surface area (Å²) in [5.74, 6) is 0.0314. The van der Waals surface area contributed by atoms with Gasteiger partial charge in [0.2, 0.25) is 17.7 Å². The van der Waals surface area contributed by atoms with Crippen LogP contribution >= 0.6 is 11.3 Å². The van der Waals surface area contributed by atoms with Crippen LogP contribution in [0.1, 0.15) is 57.4 Å². The molecule has 7 nitrogen and oxygen atoms in total. The number of hydrogen-bond donors (Lipinski definition) is 1. The number of likely N-dealkylation sites (tertiary alicyclic amines) is 1. The molecule has 0 radical (unpaired) electrons. The van der Waals surface area contributed by atoms with Crippen LogP contribution in [0, 0.1) is 5.92 Å². The van der Waals surface area contributed by atoms with Gasteiger partial charge in [-0.3, -0.25) is 14.4 Å². The van der Waals surface area contributed by atoms with E-state index in [2.05, 4.69) is 19.1 Å². The molecule has 0 spiro atoms. The van der Waals surface area contributed by atoms with E-state index in [9.17, 15) is 14.4 Å². The van der Waals surface area contributed by atoms with E-state index in [-0.39, 0.29) is 17.7 Å². The highest BCUT2D eigenvalue weighted by atomic mass is 32.1. The van der Waals surface area contributed by atoms with Crippen LogP contribution in [0.15, 0.2) is 83.8 Å². The summed E-state index contributed by atoms with van der Waals surface area (Å²) >= 11 is 1.59. The summed E-state index contributed by atoms with van der Waals surface area (Å²) in [5.41, 5.74) is 9.72. The molecule has 3 aromatic rings. The van der Waals surface area contributed by atoms with Crippen molar-refractivity contribution < 1.29 is 14.4 Å². The van der Waals surface area contributed by atoms with Gasteiger partial charge in [0.05, 0.1) is 0 Å². The summed E-state index contributed by atoms with van der Waals surface area (Å²) in [5, 5.41) is 1.99. The van der Waals surface area contributed by atoms with Crippen molar-refractivity contribution in [2.24, 2.45) is 11.7 Å². The molecule has 1 aliphatic rings. The molecule has 8 heteroatoms. The maximum Gasteiger partial charge on any atom is 0.246 e. The Morgan fingerprint density at radius 1 is 0.913 bits per heavy atom. The predicted octanol–water partition coefficient (Wildman–Crippen LogP) is 6.19. The second-order valence-corrected chi connectivity index (χ2v) is 14.7. The molecule has 0 unspecified atom stereocenters. The van der Waals surface area contributed by atoms with Gasteiger partial charge in [0.15, 0.2) is 0 Å². The molecule has 1 saturated heterocycles. The first-order valence-electron chi connectivity index (χ1n) is 16.3. The predicted molar refractivity (Wildman–Crippen MR) is 188 cm³/mol. The standard InChI is InChI=1S/C38H50N4O3S/c1-27-18-20-42(21-19-27)37(45)34(25-32-13-10-22-46-32)41(6)36(44)33(40(5)35(43)23-28(2)26-38(3,4)39)24-29-14-16-31(17-15-29)30-11-8-7-9-12-30/h7-17,22-23,27,33-34H,18-21,24-26,39H2,1-6H3/b28-23+/t33-,34-/m1/s1. The van der Waals surface area contributed by atoms with E-state index in [1.807, 2.05) is 85.6 Å². The molecule has 2 aromatic carbocycles. The molecule has 1 aromatic heterocycles. The van der Waals surface area contributed by atoms with E-state index >= 15 is 0 Å². The molecule has 246 valence electrons. The highest BCUT2D eigenvalue weighted by Crippen LogP contribution is 2.24. The smallest absolute Gasteiger partial charge is 0.246 e. The number of carbonyl (C=O) groups is 3. The summed E-state index contributed by atoms with van der Waals surface area (Å²) in [4.78, 5) is 48.3. The number of benzene rings is 2. The average molecular weight is 643 g/mol. The fraction of sp³-hybridized carbons (Fsp3) is 0.447. The number of piperidine rings is 1. The van der Waals surface area contributed by atoms with E-state index in [4.69, 9.17) is 5.73 Å². The molecule has 4 rings (SSSR count). The Bertz CT molecular complexity index is 1470. The zero-order valence-electron chi connectivity index (χ0n) is 28.2. The Morgan fingerprint density at radius 3 is 2.13 bits per heavy atom. The normalized spacial score (nSPS) is 15.7. The summed E-state index contributed by atoms with van der Waals surface area (Å²) in [6, 6.07) is 20.8. The van der Waals surface area contributed by atoms with Gasteiger partial charge in [-0.2, -0.15) is 0 Å². The van der Waals surface area contributed by atoms with Crippen molar-refractivity contribution in [2.45, 2.75) is 77.4 Å². The number of nitrogens with zero attached hydrogens (tertiary/aromatic N) is 3. The molecule has 2 atom stereocenters. The van der Waals surface area contributed by atoms with Crippen LogP contribution in [-0.4, -0.2) is 77.2 Å². The lowest BCUT2D eigenvalue weighted by atomic mass is 9.96. The monoisotopic (exact) mass is 642 g/mol. The number of carbonyl (C=O) groups excluding carboxylic acids is 3. The Labute approximate surface area is 279 Å². The molecule has 2 heterocycles. The van der Waals surface area contributed by atoms with Crippen LogP contribution in [0.4, 0.5) is 0 Å². The van der Waals surface area contributed by atoms with Crippen LogP contribution < -0.4 is 5.73 Å². The third kappa shape index (κ3) is 9.63. The van der Waals surface area contributed by atoms with Gasteiger partial charge in [-0.15, -0.1) is 11.3 Å². The Balaban J connectivity index is 1.64. The van der Waals surface area contributed by atoms with Gasteiger partial charge in [0.25, 0.3) is 0 Å². The highest BCUT2D eigenvalue weighted by molar-refractivity contribution is 7.09. The van der Waals surface area contributed by atoms with Crippen LogP contribution in [0.2, 0.25) is 0 Å². The topological polar surface area (TPSA) is 87.0 Å². The van der Waals surface area contributed by atoms with E-state index < -0.39 is 17.6 Å². The molecule has 1 fully saturated rings. The van der Waals surface area contributed by atoms with E-state index in [1.54, 1.807) is 36.4 Å². The molecule has 0 saturated carbocycles. The molecule has 3 amide bonds. The van der Waals surface area contributed by atoms with Gasteiger partial charge < -0.3 is 20.4 Å². The fourth-order valence-electron chi connectivity index (χ4n) is 6.15. The molecular formula is C38H50N4O3S. The van der Waals surface area contributed by atoms with Crippen LogP contribution in [0.5, 0.6) is 0 Å². The molecule has 0 bridgehead atoms. The van der Waals surface area contributed by atoms with Crippen LogP contribution in [-0.2, 0) is 27.2 Å². The van der Waals surface area contributed by atoms with Crippen molar-refractivity contribution >= 4 is 29.1 Å². The second-order valence-electron chi connectivity index (χ2n) is 13.6. The first-order valence-corrected chi connectivity index (χ1v) is 17.2. The number of hydrogen-bond acceptors (Lipinski definition) is 5. The first-order chi connectivity index (χ1) is 21.8. The Kier molecular flexibility index (Phi) is 12.0. The molecule has 1 aliphatic heterocycles. The SMILES string of the molecule is C/C(=C\C(=O)N(C)[C@H](Cc1ccc(-c2ccccc2)cc1)C(=O)N(C)[C@H](Cc1cccs1)C(=O)N1CCC(C)CC1)CC(C)(C)N. The minimum atomic E-state index is -0.810. The summed E-state index contributed by atoms with van der Waals surface area (Å²) in [7, 11) is 3.39. The van der Waals surface area contributed by atoms with Crippen molar-refractivity contribution in [1.82, 2.24) is 14.7 Å². The summed E-state index contributed by atoms with van der Waals surface area (Å²) < 4.78 is 0. The highest BCUT2D eigenvalue weighted by Gasteiger charge is 2.37. The van der Waals surface area contributed by atoms with E-state index in [0.717, 1.165) is 40.0 Å². The van der Waals surface area contributed by atoms with Gasteiger partial charge in [-0.25, -0.2) is 0 Å². The average Bonchev–Trinajstić information content (AvgIpc) is 3.55. The number of likely N-dealkylation sites (N-methyl/N-ethyl adjacent to an activating group) is 2. The third-order valence-electron chi connectivity index (χ3n) is 8.86. The van der Waals surface area contributed by atoms with Crippen molar-refractivity contribution in [1.29, 1.82) is 0 Å². The number of nitrogens with two attached hydrogens (primary N) is 1. The van der Waals surface area contributed by atoms with Crippen molar-refractivity contribution in [3.63, 3.8) is 0 Å². The zero-order chi connectivity index (χ0) is 33.4. The minimum absolute atomic E-state index is 0.0305. The summed E-state index contributed by atoms with van der Waals surface area (Å²) in [6.07, 6.45) is 4.80. The summed E-state index contributed by atoms with van der Waals surface area (Å²) in [6.45, 7) is 9.34. The van der Waals surface area contributed by atoms with Crippen molar-refractivity contribution in [3.8, 4) is 11.1 Å². The molecule has 46 heavy (non-hydrogen) atoms. The van der Waals surface area contributed by atoms with Gasteiger partial charge in [-0.1, -0.05) is 73.2 Å². The van der Waals surface area contributed by atoms with E-state index in [0.29, 0.717) is 38.3 Å². The van der Waals surface area contributed by atoms with Gasteiger partial charge in [0, 0.05) is 56.5 Å². The lowest BCUT2D eigenvalue weighted by Gasteiger charge is -2.38. The van der Waals surface area contributed by atoms with Crippen LogP contribution in [0.3, 0.4) is 0 Å². The maximum atomic E-state index is 14.5. The molecule has 0 aliphatic carbocycles. The Hall–Kier alpha value is -3.75. The number of rotatable bonds is 12. The van der Waals surface area contributed by atoms with Crippen LogP contribution in [0.25, 0.3) is 11.1 Å². The number of thiophene rings is 1. The number of amides is 3. The lowest BCUT2D eigenvalue weighted by Crippen LogP contribution is -2.57. The lowest BCUT2D eigenvalue weighted by molar-refractivity contribution is -0.149. The zero-order valence-corrected chi connectivity index (χ0v) is 29.1. The van der Waals surface area contributed by atoms with Crippen molar-refractivity contribution in [2.75, 3.05) is 27.2 Å². The molecule has 2 N–H and O–H groups in total. The second kappa shape index (κ2) is 15.7. The van der Waals surface area contributed by atoms with Crippen molar-refractivity contribution in [3.05, 3.63) is 94.2 Å². The van der Waals surface area contributed by atoms with E-state index in [1.165, 1.54) is 4.90 Å². The molecular weight excluding hydrogens is 593 g/mol. The third-order valence-corrected chi connectivity index (χ3v) is 9.76. The fourth-order valence-corrected chi connectivity index (χ4v) is 6.89. The largest absolute Gasteiger partial charge is 0.341 e. The minimum Gasteiger partial charge on any atom is -0.341 e. The Morgan fingerprint density at radius 2 is 1.54 bits per heavy atom. The quantitative estimate of drug-likeness (QED) is 0.239. The van der Waals surface area contributed by atoms with Gasteiger partial charge >= 0.3 is 0 Å². The van der Waals surface area contributed by atoms with Gasteiger partial charge in [-0.05, 0) is 74.1 Å².